The molecule has 4 rings (SSSR count). The van der Waals surface area contributed by atoms with Gasteiger partial charge in [-0.3, -0.25) is 0 Å². The molecule has 1 N–H and O–H groups in total. The third-order valence-corrected chi connectivity index (χ3v) is 4.09. The number of fused-ring (bicyclic) bond motifs is 2. The Labute approximate surface area is 144 Å². The summed E-state index contributed by atoms with van der Waals surface area (Å²) in [6.45, 7) is 5.85. The molecule has 3 aromatic rings. The Bertz CT molecular complexity index is 974. The van der Waals surface area contributed by atoms with Gasteiger partial charge in [-0.05, 0) is 30.7 Å². The van der Waals surface area contributed by atoms with E-state index in [1.54, 1.807) is 43.3 Å². The number of nitrogens with zero attached hydrogens (tertiary/aromatic N) is 2. The SMILES string of the molecule is C=CC1COc2cc3ncnc(Nc4cccc(C)c4F)c3cc2O1. The molecule has 0 radical (unpaired) electrons. The second-order valence-corrected chi connectivity index (χ2v) is 5.80. The quantitative estimate of drug-likeness (QED) is 0.728. The van der Waals surface area contributed by atoms with Crippen molar-refractivity contribution >= 4 is 22.4 Å². The van der Waals surface area contributed by atoms with Crippen LogP contribution < -0.4 is 14.8 Å². The van der Waals surface area contributed by atoms with E-state index in [1.807, 2.05) is 0 Å². The maximum atomic E-state index is 14.3. The minimum absolute atomic E-state index is 0.208. The van der Waals surface area contributed by atoms with Crippen molar-refractivity contribution in [2.24, 2.45) is 0 Å². The monoisotopic (exact) mass is 337 g/mol. The molecule has 0 spiro atoms. The van der Waals surface area contributed by atoms with Crippen LogP contribution in [0.5, 0.6) is 11.5 Å². The lowest BCUT2D eigenvalue weighted by Crippen LogP contribution is -2.26. The summed E-state index contributed by atoms with van der Waals surface area (Å²) in [6, 6.07) is 8.77. The zero-order valence-corrected chi connectivity index (χ0v) is 13.6. The van der Waals surface area contributed by atoms with Crippen molar-refractivity contribution in [3.63, 3.8) is 0 Å². The van der Waals surface area contributed by atoms with E-state index in [2.05, 4.69) is 21.9 Å². The van der Waals surface area contributed by atoms with Gasteiger partial charge in [0.25, 0.3) is 0 Å². The number of aromatic nitrogens is 2. The summed E-state index contributed by atoms with van der Waals surface area (Å²) < 4.78 is 25.8. The lowest BCUT2D eigenvalue weighted by atomic mass is 10.1. The van der Waals surface area contributed by atoms with E-state index in [4.69, 9.17) is 9.47 Å². The third-order valence-electron chi connectivity index (χ3n) is 4.09. The highest BCUT2D eigenvalue weighted by Crippen LogP contribution is 2.37. The molecule has 0 saturated heterocycles. The lowest BCUT2D eigenvalue weighted by Gasteiger charge is -2.24. The molecule has 2 heterocycles. The van der Waals surface area contributed by atoms with Crippen LogP contribution in [-0.4, -0.2) is 22.7 Å². The molecule has 0 aliphatic carbocycles. The van der Waals surface area contributed by atoms with E-state index >= 15 is 0 Å². The van der Waals surface area contributed by atoms with Gasteiger partial charge in [-0.2, -0.15) is 0 Å². The number of hydrogen-bond donors (Lipinski definition) is 1. The smallest absolute Gasteiger partial charge is 0.163 e. The first kappa shape index (κ1) is 15.4. The molecule has 0 bridgehead atoms. The van der Waals surface area contributed by atoms with Crippen LogP contribution in [0.2, 0.25) is 0 Å². The Kier molecular flexibility index (Phi) is 3.72. The van der Waals surface area contributed by atoms with Crippen molar-refractivity contribution in [1.29, 1.82) is 0 Å². The van der Waals surface area contributed by atoms with Gasteiger partial charge in [0.15, 0.2) is 17.6 Å². The van der Waals surface area contributed by atoms with E-state index in [9.17, 15) is 4.39 Å². The highest BCUT2D eigenvalue weighted by atomic mass is 19.1. The van der Waals surface area contributed by atoms with Gasteiger partial charge in [-0.25, -0.2) is 14.4 Å². The van der Waals surface area contributed by atoms with Crippen molar-refractivity contribution in [3.8, 4) is 11.5 Å². The van der Waals surface area contributed by atoms with Gasteiger partial charge < -0.3 is 14.8 Å². The molecular formula is C19H16FN3O2. The molecule has 1 aliphatic heterocycles. The van der Waals surface area contributed by atoms with Crippen molar-refractivity contribution in [3.05, 3.63) is 60.7 Å². The van der Waals surface area contributed by atoms with Gasteiger partial charge >= 0.3 is 0 Å². The minimum Gasteiger partial charge on any atom is -0.485 e. The number of nitrogens with one attached hydrogen (secondary N) is 1. The lowest BCUT2D eigenvalue weighted by molar-refractivity contribution is 0.123. The number of benzene rings is 2. The number of anilines is 2. The average Bonchev–Trinajstić information content (AvgIpc) is 2.63. The van der Waals surface area contributed by atoms with Gasteiger partial charge in [0, 0.05) is 11.5 Å². The maximum Gasteiger partial charge on any atom is 0.163 e. The van der Waals surface area contributed by atoms with Gasteiger partial charge in [-0.1, -0.05) is 18.7 Å². The molecule has 1 aromatic heterocycles. The van der Waals surface area contributed by atoms with Gasteiger partial charge in [0.2, 0.25) is 0 Å². The average molecular weight is 337 g/mol. The topological polar surface area (TPSA) is 56.3 Å². The molecule has 2 aromatic carbocycles. The number of hydrogen-bond acceptors (Lipinski definition) is 5. The van der Waals surface area contributed by atoms with Crippen LogP contribution in [0.1, 0.15) is 5.56 Å². The summed E-state index contributed by atoms with van der Waals surface area (Å²) >= 11 is 0. The molecule has 0 fully saturated rings. The second kappa shape index (κ2) is 6.05. The van der Waals surface area contributed by atoms with Crippen molar-refractivity contribution in [1.82, 2.24) is 9.97 Å². The summed E-state index contributed by atoms with van der Waals surface area (Å²) in [7, 11) is 0. The predicted molar refractivity (Wildman–Crippen MR) is 94.1 cm³/mol. The Morgan fingerprint density at radius 2 is 2.16 bits per heavy atom. The van der Waals surface area contributed by atoms with E-state index in [1.165, 1.54) is 6.33 Å². The number of ether oxygens (including phenoxy) is 2. The molecule has 0 saturated carbocycles. The van der Waals surface area contributed by atoms with Crippen molar-refractivity contribution in [2.75, 3.05) is 11.9 Å². The normalized spacial score (nSPS) is 15.8. The fourth-order valence-electron chi connectivity index (χ4n) is 2.73. The molecule has 6 heteroatoms. The maximum absolute atomic E-state index is 14.3. The zero-order chi connectivity index (χ0) is 17.4. The van der Waals surface area contributed by atoms with Crippen LogP contribution in [0.3, 0.4) is 0 Å². The van der Waals surface area contributed by atoms with Crippen LogP contribution >= 0.6 is 0 Å². The van der Waals surface area contributed by atoms with Crippen molar-refractivity contribution < 1.29 is 13.9 Å². The van der Waals surface area contributed by atoms with Gasteiger partial charge in [-0.15, -0.1) is 0 Å². The number of aryl methyl sites for hydroxylation is 1. The largest absolute Gasteiger partial charge is 0.485 e. The molecule has 1 aliphatic rings. The molecule has 1 atom stereocenters. The minimum atomic E-state index is -0.307. The van der Waals surface area contributed by atoms with E-state index in [0.717, 1.165) is 5.39 Å². The molecule has 5 nitrogen and oxygen atoms in total. The summed E-state index contributed by atoms with van der Waals surface area (Å²) in [4.78, 5) is 8.53. The first-order chi connectivity index (χ1) is 12.2. The number of halogens is 1. The zero-order valence-electron chi connectivity index (χ0n) is 13.6. The molecule has 25 heavy (non-hydrogen) atoms. The van der Waals surface area contributed by atoms with E-state index < -0.39 is 0 Å². The van der Waals surface area contributed by atoms with Crippen LogP contribution in [-0.2, 0) is 0 Å². The van der Waals surface area contributed by atoms with Crippen LogP contribution in [0, 0.1) is 12.7 Å². The Morgan fingerprint density at radius 1 is 1.28 bits per heavy atom. The standard InChI is InChI=1S/C19H16FN3O2/c1-3-12-9-24-16-8-15-13(7-17(16)25-12)19(22-10-21-15)23-14-6-4-5-11(2)18(14)20/h3-8,10,12H,1,9H2,2H3,(H,21,22,23). The molecule has 1 unspecified atom stereocenters. The third kappa shape index (κ3) is 2.76. The second-order valence-electron chi connectivity index (χ2n) is 5.80. The first-order valence-corrected chi connectivity index (χ1v) is 7.88. The van der Waals surface area contributed by atoms with E-state index in [-0.39, 0.29) is 11.9 Å². The molecular weight excluding hydrogens is 321 g/mol. The highest BCUT2D eigenvalue weighted by molar-refractivity contribution is 5.93. The Morgan fingerprint density at radius 3 is 3.00 bits per heavy atom. The Balaban J connectivity index is 1.79. The van der Waals surface area contributed by atoms with Gasteiger partial charge in [0.1, 0.15) is 24.6 Å². The van der Waals surface area contributed by atoms with E-state index in [0.29, 0.717) is 40.7 Å². The summed E-state index contributed by atoms with van der Waals surface area (Å²) in [5.41, 5.74) is 1.61. The summed E-state index contributed by atoms with van der Waals surface area (Å²) in [5.74, 6) is 1.41. The number of rotatable bonds is 3. The van der Waals surface area contributed by atoms with Crippen LogP contribution in [0.15, 0.2) is 49.3 Å². The van der Waals surface area contributed by atoms with Crippen LogP contribution in [0.25, 0.3) is 10.9 Å². The fraction of sp³-hybridized carbons (Fsp3) is 0.158. The molecule has 0 amide bonds. The van der Waals surface area contributed by atoms with Crippen LogP contribution in [0.4, 0.5) is 15.9 Å². The first-order valence-electron chi connectivity index (χ1n) is 7.88. The molecule has 126 valence electrons. The summed E-state index contributed by atoms with van der Waals surface area (Å²) in [6.07, 6.45) is 2.91. The van der Waals surface area contributed by atoms with Gasteiger partial charge in [0.05, 0.1) is 11.2 Å². The summed E-state index contributed by atoms with van der Waals surface area (Å²) in [5, 5.41) is 3.76. The Hall–Kier alpha value is -3.15. The predicted octanol–water partition coefficient (Wildman–Crippen LogP) is 4.15. The fourth-order valence-corrected chi connectivity index (χ4v) is 2.73. The highest BCUT2D eigenvalue weighted by Gasteiger charge is 2.20. The van der Waals surface area contributed by atoms with Crippen molar-refractivity contribution in [2.45, 2.75) is 13.0 Å².